The van der Waals surface area contributed by atoms with Gasteiger partial charge in [-0.1, -0.05) is 5.16 Å². The average molecular weight is 382 g/mol. The minimum atomic E-state index is -0.209. The van der Waals surface area contributed by atoms with Gasteiger partial charge in [0.1, 0.15) is 11.5 Å². The number of hydrogen-bond donors (Lipinski definition) is 1. The smallest absolute Gasteiger partial charge is 0.259 e. The second-order valence-corrected chi connectivity index (χ2v) is 7.68. The first-order valence-corrected chi connectivity index (χ1v) is 9.28. The number of aromatic nitrogens is 3. The zero-order valence-electron chi connectivity index (χ0n) is 15.4. The summed E-state index contributed by atoms with van der Waals surface area (Å²) in [6.07, 6.45) is 1.77. The van der Waals surface area contributed by atoms with Gasteiger partial charge in [-0.15, -0.1) is 11.3 Å². The molecule has 4 rings (SSSR count). The Morgan fingerprint density at radius 3 is 2.70 bits per heavy atom. The van der Waals surface area contributed by atoms with E-state index in [0.717, 1.165) is 27.0 Å². The average Bonchev–Trinajstić information content (AvgIpc) is 3.31. The first kappa shape index (κ1) is 17.4. The normalized spacial score (nSPS) is 11.3. The molecule has 0 unspecified atom stereocenters. The lowest BCUT2D eigenvalue weighted by Crippen LogP contribution is -2.22. The summed E-state index contributed by atoms with van der Waals surface area (Å²) in [5, 5.41) is 8.51. The van der Waals surface area contributed by atoms with E-state index in [0.29, 0.717) is 34.6 Å². The van der Waals surface area contributed by atoms with Gasteiger partial charge in [0.25, 0.3) is 11.6 Å². The first-order valence-electron chi connectivity index (χ1n) is 8.46. The van der Waals surface area contributed by atoms with Crippen molar-refractivity contribution in [2.75, 3.05) is 0 Å². The van der Waals surface area contributed by atoms with Crippen molar-refractivity contribution in [1.29, 1.82) is 0 Å². The molecule has 4 aromatic heterocycles. The van der Waals surface area contributed by atoms with E-state index in [2.05, 4.69) is 20.4 Å². The van der Waals surface area contributed by atoms with Gasteiger partial charge in [-0.3, -0.25) is 4.79 Å². The number of pyridine rings is 1. The molecule has 7 nitrogen and oxygen atoms in total. The molecule has 0 saturated carbocycles. The molecule has 8 heteroatoms. The molecule has 0 aliphatic carbocycles. The van der Waals surface area contributed by atoms with Crippen LogP contribution < -0.4 is 5.32 Å². The number of amides is 1. The van der Waals surface area contributed by atoms with Gasteiger partial charge in [-0.05, 0) is 39.8 Å². The van der Waals surface area contributed by atoms with Crippen molar-refractivity contribution in [1.82, 2.24) is 20.4 Å². The summed E-state index contributed by atoms with van der Waals surface area (Å²) >= 11 is 1.56. The topological polar surface area (TPSA) is 94.1 Å². The van der Waals surface area contributed by atoms with Crippen molar-refractivity contribution in [3.05, 3.63) is 51.0 Å². The summed E-state index contributed by atoms with van der Waals surface area (Å²) < 4.78 is 10.9. The van der Waals surface area contributed by atoms with E-state index < -0.39 is 0 Å². The van der Waals surface area contributed by atoms with Crippen molar-refractivity contribution in [2.45, 2.75) is 34.2 Å². The number of carbonyl (C=O) groups is 1. The van der Waals surface area contributed by atoms with Crippen LogP contribution in [0, 0.1) is 27.7 Å². The molecular weight excluding hydrogens is 364 g/mol. The van der Waals surface area contributed by atoms with Gasteiger partial charge in [0.2, 0.25) is 0 Å². The van der Waals surface area contributed by atoms with Crippen LogP contribution in [-0.2, 0) is 6.54 Å². The maximum Gasteiger partial charge on any atom is 0.259 e. The fraction of sp³-hybridized carbons (Fsp3) is 0.263. The highest BCUT2D eigenvalue weighted by atomic mass is 32.1. The molecule has 0 spiro atoms. The van der Waals surface area contributed by atoms with Gasteiger partial charge in [-0.2, -0.15) is 0 Å². The van der Waals surface area contributed by atoms with Gasteiger partial charge in [0.15, 0.2) is 0 Å². The predicted octanol–water partition coefficient (Wildman–Crippen LogP) is 4.10. The summed E-state index contributed by atoms with van der Waals surface area (Å²) in [6, 6.07) is 3.66. The third-order valence-electron chi connectivity index (χ3n) is 4.27. The molecule has 0 fully saturated rings. The van der Waals surface area contributed by atoms with Crippen LogP contribution in [0.25, 0.3) is 22.4 Å². The predicted molar refractivity (Wildman–Crippen MR) is 102 cm³/mol. The lowest BCUT2D eigenvalue weighted by Gasteiger charge is -2.07. The highest BCUT2D eigenvalue weighted by Crippen LogP contribution is 2.30. The van der Waals surface area contributed by atoms with Gasteiger partial charge < -0.3 is 14.3 Å². The quantitative estimate of drug-likeness (QED) is 0.571. The van der Waals surface area contributed by atoms with Gasteiger partial charge in [-0.25, -0.2) is 9.97 Å². The summed E-state index contributed by atoms with van der Waals surface area (Å²) in [4.78, 5) is 22.6. The fourth-order valence-corrected chi connectivity index (χ4v) is 3.78. The molecule has 0 aliphatic rings. The molecule has 27 heavy (non-hydrogen) atoms. The third kappa shape index (κ3) is 3.23. The molecule has 1 amide bonds. The van der Waals surface area contributed by atoms with Crippen molar-refractivity contribution < 1.29 is 13.7 Å². The Balaban J connectivity index is 1.74. The zero-order valence-corrected chi connectivity index (χ0v) is 16.2. The van der Waals surface area contributed by atoms with Crippen molar-refractivity contribution >= 4 is 28.3 Å². The molecule has 4 aromatic rings. The number of rotatable bonds is 4. The van der Waals surface area contributed by atoms with E-state index in [9.17, 15) is 4.79 Å². The lowest BCUT2D eigenvalue weighted by molar-refractivity contribution is 0.0953. The maximum absolute atomic E-state index is 12.9. The Morgan fingerprint density at radius 1 is 1.22 bits per heavy atom. The second-order valence-electron chi connectivity index (χ2n) is 6.36. The minimum Gasteiger partial charge on any atom is -0.466 e. The molecule has 0 atom stereocenters. The van der Waals surface area contributed by atoms with Crippen LogP contribution in [0.5, 0.6) is 0 Å². The van der Waals surface area contributed by atoms with E-state index in [-0.39, 0.29) is 5.91 Å². The largest absolute Gasteiger partial charge is 0.466 e. The maximum atomic E-state index is 12.9. The number of aryl methyl sites for hydroxylation is 4. The molecule has 4 heterocycles. The van der Waals surface area contributed by atoms with Crippen LogP contribution in [-0.4, -0.2) is 21.0 Å². The third-order valence-corrected chi connectivity index (χ3v) is 5.18. The van der Waals surface area contributed by atoms with Crippen molar-refractivity contribution in [2.24, 2.45) is 0 Å². The SMILES string of the molecule is Cc1cc(-c2cc(C(=O)NCc3cnc(C)s3)c3c(C)noc3n2)c(C)o1. The Labute approximate surface area is 159 Å². The Morgan fingerprint density at radius 2 is 2.04 bits per heavy atom. The number of furan rings is 1. The zero-order chi connectivity index (χ0) is 19.1. The minimum absolute atomic E-state index is 0.209. The number of nitrogens with one attached hydrogen (secondary N) is 1. The standard InChI is InChI=1S/C19H18N4O3S/c1-9-5-14(11(3)25-9)16-6-15(17-10(2)23-26-19(17)22-16)18(24)21-8-13-7-20-12(4)27-13/h5-7H,8H2,1-4H3,(H,21,24). The fourth-order valence-electron chi connectivity index (χ4n) is 3.05. The van der Waals surface area contributed by atoms with Gasteiger partial charge in [0.05, 0.1) is 33.9 Å². The monoisotopic (exact) mass is 382 g/mol. The number of carbonyl (C=O) groups excluding carboxylic acids is 1. The number of thiazole rings is 1. The van der Waals surface area contributed by atoms with E-state index in [4.69, 9.17) is 8.94 Å². The molecule has 0 radical (unpaired) electrons. The van der Waals surface area contributed by atoms with Gasteiger partial charge in [0, 0.05) is 16.6 Å². The Kier molecular flexibility index (Phi) is 4.27. The van der Waals surface area contributed by atoms with Crippen molar-refractivity contribution in [3.63, 3.8) is 0 Å². The van der Waals surface area contributed by atoms with E-state index in [1.165, 1.54) is 0 Å². The van der Waals surface area contributed by atoms with Crippen LogP contribution in [0.2, 0.25) is 0 Å². The molecule has 0 aromatic carbocycles. The number of fused-ring (bicyclic) bond motifs is 1. The lowest BCUT2D eigenvalue weighted by atomic mass is 10.1. The van der Waals surface area contributed by atoms with E-state index in [1.54, 1.807) is 30.5 Å². The number of nitrogens with zero attached hydrogens (tertiary/aromatic N) is 3. The highest BCUT2D eigenvalue weighted by molar-refractivity contribution is 7.11. The summed E-state index contributed by atoms with van der Waals surface area (Å²) in [7, 11) is 0. The van der Waals surface area contributed by atoms with E-state index >= 15 is 0 Å². The summed E-state index contributed by atoms with van der Waals surface area (Å²) in [5.74, 6) is 1.31. The first-order chi connectivity index (χ1) is 12.9. The molecular formula is C19H18N4O3S. The molecule has 0 aliphatic heterocycles. The molecule has 138 valence electrons. The van der Waals surface area contributed by atoms with Crippen LogP contribution in [0.1, 0.15) is 37.5 Å². The second kappa shape index (κ2) is 6.62. The Bertz CT molecular complexity index is 1160. The van der Waals surface area contributed by atoms with Crippen LogP contribution in [0.4, 0.5) is 0 Å². The summed E-state index contributed by atoms with van der Waals surface area (Å²) in [5.41, 5.74) is 2.89. The molecule has 0 bridgehead atoms. The number of hydrogen-bond acceptors (Lipinski definition) is 7. The van der Waals surface area contributed by atoms with Crippen LogP contribution >= 0.6 is 11.3 Å². The molecule has 0 saturated heterocycles. The highest BCUT2D eigenvalue weighted by Gasteiger charge is 2.21. The van der Waals surface area contributed by atoms with E-state index in [1.807, 2.05) is 26.8 Å². The van der Waals surface area contributed by atoms with Crippen LogP contribution in [0.3, 0.4) is 0 Å². The van der Waals surface area contributed by atoms with Gasteiger partial charge >= 0.3 is 0 Å². The summed E-state index contributed by atoms with van der Waals surface area (Å²) in [6.45, 7) is 7.88. The van der Waals surface area contributed by atoms with Crippen LogP contribution in [0.15, 0.2) is 27.3 Å². The van der Waals surface area contributed by atoms with Crippen molar-refractivity contribution in [3.8, 4) is 11.3 Å². The Hall–Kier alpha value is -3.00. The molecule has 1 N–H and O–H groups in total.